The molecule has 5 heteroatoms. The molecule has 0 saturated heterocycles. The Hall–Kier alpha value is -1.62. The second-order valence-electron chi connectivity index (χ2n) is 4.00. The van der Waals surface area contributed by atoms with Gasteiger partial charge in [0.1, 0.15) is 0 Å². The van der Waals surface area contributed by atoms with Crippen molar-refractivity contribution in [3.05, 3.63) is 29.6 Å². The first kappa shape index (κ1) is 14.4. The van der Waals surface area contributed by atoms with Gasteiger partial charge in [-0.05, 0) is 13.1 Å². The second kappa shape index (κ2) is 6.96. The zero-order chi connectivity index (χ0) is 13.5. The second-order valence-corrected chi connectivity index (χ2v) is 4.00. The van der Waals surface area contributed by atoms with Gasteiger partial charge in [0, 0.05) is 18.7 Å². The van der Waals surface area contributed by atoms with Gasteiger partial charge < -0.3 is 14.4 Å². The molecule has 0 aliphatic heterocycles. The van der Waals surface area contributed by atoms with Gasteiger partial charge in [-0.2, -0.15) is 0 Å². The van der Waals surface area contributed by atoms with Crippen LogP contribution < -0.4 is 4.74 Å². The van der Waals surface area contributed by atoms with E-state index >= 15 is 0 Å². The third kappa shape index (κ3) is 4.00. The van der Waals surface area contributed by atoms with Crippen LogP contribution in [0.2, 0.25) is 0 Å². The van der Waals surface area contributed by atoms with Crippen molar-refractivity contribution in [3.8, 4) is 5.75 Å². The van der Waals surface area contributed by atoms with Crippen molar-refractivity contribution in [2.75, 3.05) is 27.8 Å². The van der Waals surface area contributed by atoms with E-state index in [1.807, 2.05) is 11.9 Å². The van der Waals surface area contributed by atoms with E-state index in [1.165, 1.54) is 14.2 Å². The van der Waals surface area contributed by atoms with Crippen LogP contribution in [0.25, 0.3) is 0 Å². The summed E-state index contributed by atoms with van der Waals surface area (Å²) in [6, 6.07) is 5.02. The zero-order valence-electron chi connectivity index (χ0n) is 10.9. The quantitative estimate of drug-likeness (QED) is 0.727. The van der Waals surface area contributed by atoms with E-state index in [9.17, 15) is 9.18 Å². The minimum Gasteiger partial charge on any atom is -0.494 e. The van der Waals surface area contributed by atoms with Crippen LogP contribution in [-0.2, 0) is 16.1 Å². The van der Waals surface area contributed by atoms with Crippen LogP contribution in [-0.4, -0.2) is 38.7 Å². The molecule has 0 N–H and O–H groups in total. The number of ether oxygens (including phenoxy) is 2. The SMILES string of the molecule is COC(=O)CCN(C)Cc1cccc(OC)c1F. The first-order chi connectivity index (χ1) is 8.58. The van der Waals surface area contributed by atoms with Crippen molar-refractivity contribution in [3.63, 3.8) is 0 Å². The van der Waals surface area contributed by atoms with Crippen molar-refractivity contribution in [2.24, 2.45) is 0 Å². The van der Waals surface area contributed by atoms with E-state index in [4.69, 9.17) is 4.74 Å². The van der Waals surface area contributed by atoms with Gasteiger partial charge in [0.2, 0.25) is 0 Å². The predicted molar refractivity (Wildman–Crippen MR) is 65.9 cm³/mol. The lowest BCUT2D eigenvalue weighted by molar-refractivity contribution is -0.140. The molecule has 0 aromatic heterocycles. The Kier molecular flexibility index (Phi) is 5.58. The molecule has 0 aliphatic rings. The number of carbonyl (C=O) groups is 1. The number of rotatable bonds is 6. The number of benzene rings is 1. The topological polar surface area (TPSA) is 38.8 Å². The summed E-state index contributed by atoms with van der Waals surface area (Å²) in [6.07, 6.45) is 0.290. The molecule has 0 bridgehead atoms. The van der Waals surface area contributed by atoms with Gasteiger partial charge in [-0.3, -0.25) is 4.79 Å². The lowest BCUT2D eigenvalue weighted by Crippen LogP contribution is -2.22. The van der Waals surface area contributed by atoms with Crippen LogP contribution >= 0.6 is 0 Å². The maximum absolute atomic E-state index is 13.9. The largest absolute Gasteiger partial charge is 0.494 e. The van der Waals surface area contributed by atoms with Gasteiger partial charge in [0.05, 0.1) is 20.6 Å². The number of methoxy groups -OCH3 is 2. The molecule has 0 unspecified atom stereocenters. The van der Waals surface area contributed by atoms with Crippen molar-refractivity contribution in [1.82, 2.24) is 4.90 Å². The maximum atomic E-state index is 13.9. The Morgan fingerprint density at radius 2 is 2.11 bits per heavy atom. The smallest absolute Gasteiger partial charge is 0.306 e. The highest BCUT2D eigenvalue weighted by Crippen LogP contribution is 2.20. The lowest BCUT2D eigenvalue weighted by Gasteiger charge is -2.17. The van der Waals surface area contributed by atoms with Crippen LogP contribution in [0.15, 0.2) is 18.2 Å². The Morgan fingerprint density at radius 1 is 1.39 bits per heavy atom. The average molecular weight is 255 g/mol. The standard InChI is InChI=1S/C13H18FNO3/c1-15(8-7-12(16)18-3)9-10-5-4-6-11(17-2)13(10)14/h4-6H,7-9H2,1-3H3. The summed E-state index contributed by atoms with van der Waals surface area (Å²) in [5.74, 6) is -0.397. The molecule has 1 rings (SSSR count). The van der Waals surface area contributed by atoms with Crippen LogP contribution in [0.4, 0.5) is 4.39 Å². The Bertz CT molecular complexity index is 409. The highest BCUT2D eigenvalue weighted by Gasteiger charge is 2.11. The molecule has 0 radical (unpaired) electrons. The van der Waals surface area contributed by atoms with Crippen molar-refractivity contribution >= 4 is 5.97 Å². The predicted octanol–water partition coefficient (Wildman–Crippen LogP) is 1.83. The summed E-state index contributed by atoms with van der Waals surface area (Å²) in [4.78, 5) is 12.8. The number of hydrogen-bond acceptors (Lipinski definition) is 4. The highest BCUT2D eigenvalue weighted by atomic mass is 19.1. The number of carbonyl (C=O) groups excluding carboxylic acids is 1. The Labute approximate surface area is 106 Å². The Morgan fingerprint density at radius 3 is 2.72 bits per heavy atom. The number of esters is 1. The summed E-state index contributed by atoms with van der Waals surface area (Å²) in [5, 5.41) is 0. The molecule has 0 heterocycles. The molecule has 0 spiro atoms. The minimum atomic E-state index is -0.357. The molecule has 0 fully saturated rings. The Balaban J connectivity index is 2.59. The van der Waals surface area contributed by atoms with Gasteiger partial charge in [0.25, 0.3) is 0 Å². The van der Waals surface area contributed by atoms with Crippen molar-refractivity contribution in [2.45, 2.75) is 13.0 Å². The molecule has 100 valence electrons. The zero-order valence-corrected chi connectivity index (χ0v) is 10.9. The molecule has 18 heavy (non-hydrogen) atoms. The van der Waals surface area contributed by atoms with Crippen LogP contribution in [0.3, 0.4) is 0 Å². The first-order valence-corrected chi connectivity index (χ1v) is 5.65. The molecule has 1 aromatic carbocycles. The molecule has 0 saturated carbocycles. The molecule has 1 aromatic rings. The molecular weight excluding hydrogens is 237 g/mol. The fourth-order valence-electron chi connectivity index (χ4n) is 1.59. The monoisotopic (exact) mass is 255 g/mol. The van der Waals surface area contributed by atoms with Gasteiger partial charge in [-0.25, -0.2) is 4.39 Å². The summed E-state index contributed by atoms with van der Waals surface area (Å²) in [7, 11) is 4.61. The van der Waals surface area contributed by atoms with E-state index < -0.39 is 0 Å². The lowest BCUT2D eigenvalue weighted by atomic mass is 10.2. The summed E-state index contributed by atoms with van der Waals surface area (Å²) < 4.78 is 23.3. The summed E-state index contributed by atoms with van der Waals surface area (Å²) in [6.45, 7) is 0.934. The van der Waals surface area contributed by atoms with E-state index in [0.29, 0.717) is 25.1 Å². The number of nitrogens with zero attached hydrogens (tertiary/aromatic N) is 1. The molecule has 0 aliphatic carbocycles. The normalized spacial score (nSPS) is 10.5. The number of hydrogen-bond donors (Lipinski definition) is 0. The van der Waals surface area contributed by atoms with E-state index in [2.05, 4.69) is 4.74 Å². The third-order valence-corrected chi connectivity index (χ3v) is 2.63. The summed E-state index contributed by atoms with van der Waals surface area (Å²) >= 11 is 0. The van der Waals surface area contributed by atoms with Crippen molar-refractivity contribution in [1.29, 1.82) is 0 Å². The van der Waals surface area contributed by atoms with Gasteiger partial charge >= 0.3 is 5.97 Å². The van der Waals surface area contributed by atoms with E-state index in [-0.39, 0.29) is 17.5 Å². The van der Waals surface area contributed by atoms with Gasteiger partial charge in [0.15, 0.2) is 11.6 Å². The van der Waals surface area contributed by atoms with Crippen LogP contribution in [0, 0.1) is 5.82 Å². The van der Waals surface area contributed by atoms with Gasteiger partial charge in [-0.1, -0.05) is 12.1 Å². The molecule has 0 atom stereocenters. The fraction of sp³-hybridized carbons (Fsp3) is 0.462. The van der Waals surface area contributed by atoms with Crippen LogP contribution in [0.1, 0.15) is 12.0 Å². The van der Waals surface area contributed by atoms with E-state index in [1.54, 1.807) is 18.2 Å². The first-order valence-electron chi connectivity index (χ1n) is 5.65. The summed E-state index contributed by atoms with van der Waals surface area (Å²) in [5.41, 5.74) is 0.543. The fourth-order valence-corrected chi connectivity index (χ4v) is 1.59. The molecule has 4 nitrogen and oxygen atoms in total. The number of halogens is 1. The van der Waals surface area contributed by atoms with E-state index in [0.717, 1.165) is 0 Å². The van der Waals surface area contributed by atoms with Crippen molar-refractivity contribution < 1.29 is 18.7 Å². The molecule has 0 amide bonds. The van der Waals surface area contributed by atoms with Gasteiger partial charge in [-0.15, -0.1) is 0 Å². The van der Waals surface area contributed by atoms with Crippen LogP contribution in [0.5, 0.6) is 5.75 Å². The highest BCUT2D eigenvalue weighted by molar-refractivity contribution is 5.69. The molecular formula is C13H18FNO3. The average Bonchev–Trinajstić information content (AvgIpc) is 2.38. The minimum absolute atomic E-state index is 0.230. The third-order valence-electron chi connectivity index (χ3n) is 2.63. The maximum Gasteiger partial charge on any atom is 0.306 e.